The molecule has 0 nitrogen and oxygen atoms in total. The van der Waals surface area contributed by atoms with Crippen molar-refractivity contribution in [1.82, 2.24) is 0 Å². The molecule has 5 heteroatoms. The molecular weight excluding hydrogens is 290 g/mol. The first-order valence-electron chi connectivity index (χ1n) is 1.29. The Balaban J connectivity index is 3.54. The van der Waals surface area contributed by atoms with E-state index in [1.54, 1.807) is 0 Å². The molecule has 0 aromatic heterocycles. The summed E-state index contributed by atoms with van der Waals surface area (Å²) in [4.78, 5) is 0. The molecule has 44 valence electrons. The number of hydrogen-bond donors (Lipinski definition) is 0. The van der Waals surface area contributed by atoms with Crippen LogP contribution in [0.25, 0.3) is 0 Å². The zero-order valence-corrected chi connectivity index (χ0v) is 8.41. The lowest BCUT2D eigenvalue weighted by molar-refractivity contribution is 1.27. The van der Waals surface area contributed by atoms with E-state index >= 15 is 0 Å². The number of rotatable bonds is 1. The standard InChI is InChI=1S/C2HBr2Cl3/c3-1(5)2(4,6)7/h1H/t1-/m1/s1. The van der Waals surface area contributed by atoms with Crippen LogP contribution in [0.1, 0.15) is 0 Å². The number of alkyl halides is 5. The van der Waals surface area contributed by atoms with E-state index in [1.165, 1.54) is 0 Å². The smallest absolute Gasteiger partial charge is 0.106 e. The van der Waals surface area contributed by atoms with Crippen LogP contribution in [0.3, 0.4) is 0 Å². The van der Waals surface area contributed by atoms with Crippen LogP contribution in [0, 0.1) is 0 Å². The molecule has 0 aliphatic rings. The van der Waals surface area contributed by atoms with Gasteiger partial charge < -0.3 is 0 Å². The summed E-state index contributed by atoms with van der Waals surface area (Å²) in [5.74, 6) is 0. The molecule has 0 spiro atoms. The molecule has 0 bridgehead atoms. The van der Waals surface area contributed by atoms with Gasteiger partial charge in [-0.2, -0.15) is 0 Å². The first-order chi connectivity index (χ1) is 2.94. The normalized spacial score (nSPS) is 16.7. The first-order valence-corrected chi connectivity index (χ1v) is 4.19. The van der Waals surface area contributed by atoms with Gasteiger partial charge >= 0.3 is 0 Å². The van der Waals surface area contributed by atoms with Gasteiger partial charge in [-0.05, 0) is 15.9 Å². The van der Waals surface area contributed by atoms with Crippen molar-refractivity contribution >= 4 is 66.7 Å². The highest BCUT2D eigenvalue weighted by Crippen LogP contribution is 2.38. The van der Waals surface area contributed by atoms with Gasteiger partial charge in [0.25, 0.3) is 0 Å². The summed E-state index contributed by atoms with van der Waals surface area (Å²) in [5, 5.41) is 0. The van der Waals surface area contributed by atoms with E-state index in [2.05, 4.69) is 31.9 Å². The van der Waals surface area contributed by atoms with Crippen molar-refractivity contribution in [2.24, 2.45) is 0 Å². The maximum Gasteiger partial charge on any atom is 0.198 e. The van der Waals surface area contributed by atoms with E-state index in [0.717, 1.165) is 0 Å². The SMILES string of the molecule is Cl[C@@H](Br)C(Cl)(Cl)Br. The lowest BCUT2D eigenvalue weighted by Crippen LogP contribution is -2.10. The maximum absolute atomic E-state index is 5.37. The molecule has 0 rings (SSSR count). The minimum absolute atomic E-state index is 0.469. The summed E-state index contributed by atoms with van der Waals surface area (Å²) in [6.07, 6.45) is 0. The van der Waals surface area contributed by atoms with Gasteiger partial charge in [-0.15, -0.1) is 11.6 Å². The second-order valence-electron chi connectivity index (χ2n) is 0.842. The molecule has 0 N–H and O–H groups in total. The number of hydrogen-bond acceptors (Lipinski definition) is 0. The molecule has 0 aromatic rings. The Kier molecular flexibility index (Phi) is 3.93. The molecule has 0 heterocycles. The summed E-state index contributed by atoms with van der Waals surface area (Å²) < 4.78 is -1.53. The first kappa shape index (κ1) is 8.83. The molecule has 0 aliphatic heterocycles. The van der Waals surface area contributed by atoms with Gasteiger partial charge in [0, 0.05) is 0 Å². The van der Waals surface area contributed by atoms with Crippen molar-refractivity contribution in [2.75, 3.05) is 0 Å². The second-order valence-corrected chi connectivity index (χ2v) is 6.27. The predicted molar refractivity (Wildman–Crippen MR) is 41.9 cm³/mol. The Hall–Kier alpha value is 1.83. The van der Waals surface area contributed by atoms with E-state index in [9.17, 15) is 0 Å². The molecule has 0 amide bonds. The van der Waals surface area contributed by atoms with Crippen LogP contribution in [0.5, 0.6) is 0 Å². The summed E-state index contributed by atoms with van der Waals surface area (Å²) >= 11 is 21.9. The predicted octanol–water partition coefficient (Wildman–Crippen LogP) is 3.47. The fourth-order valence-electron chi connectivity index (χ4n) is 0. The van der Waals surface area contributed by atoms with Gasteiger partial charge in [-0.1, -0.05) is 39.1 Å². The highest BCUT2D eigenvalue weighted by atomic mass is 79.9. The second kappa shape index (κ2) is 3.11. The molecule has 7 heavy (non-hydrogen) atoms. The lowest BCUT2D eigenvalue weighted by atomic mass is 10.9. The van der Waals surface area contributed by atoms with Crippen LogP contribution in [0.4, 0.5) is 0 Å². The zero-order chi connectivity index (χ0) is 6.08. The minimum atomic E-state index is -1.06. The fourth-order valence-corrected chi connectivity index (χ4v) is 0. The summed E-state index contributed by atoms with van der Waals surface area (Å²) in [6, 6.07) is 0. The van der Waals surface area contributed by atoms with Crippen LogP contribution >= 0.6 is 66.7 Å². The lowest BCUT2D eigenvalue weighted by Gasteiger charge is -2.10. The molecule has 0 saturated heterocycles. The zero-order valence-electron chi connectivity index (χ0n) is 2.97. The van der Waals surface area contributed by atoms with Crippen LogP contribution in [0.15, 0.2) is 0 Å². The van der Waals surface area contributed by atoms with Gasteiger partial charge in [0.15, 0.2) is 3.24 Å². The minimum Gasteiger partial charge on any atom is -0.106 e. The molecule has 0 radical (unpaired) electrons. The topological polar surface area (TPSA) is 0 Å². The van der Waals surface area contributed by atoms with Crippen LogP contribution in [0.2, 0.25) is 0 Å². The Morgan fingerprint density at radius 2 is 1.57 bits per heavy atom. The monoisotopic (exact) mass is 288 g/mol. The molecular formula is C2HBr2Cl3. The van der Waals surface area contributed by atoms with Gasteiger partial charge in [-0.3, -0.25) is 0 Å². The molecule has 0 unspecified atom stereocenters. The van der Waals surface area contributed by atoms with Crippen molar-refractivity contribution in [2.45, 2.75) is 7.53 Å². The van der Waals surface area contributed by atoms with Crippen molar-refractivity contribution in [3.63, 3.8) is 0 Å². The summed E-state index contributed by atoms with van der Waals surface area (Å²) in [5.41, 5.74) is 0. The molecule has 0 saturated carbocycles. The van der Waals surface area contributed by atoms with Crippen LogP contribution in [-0.2, 0) is 0 Å². The van der Waals surface area contributed by atoms with E-state index in [1.807, 2.05) is 0 Å². The third-order valence-corrected chi connectivity index (χ3v) is 3.78. The van der Waals surface area contributed by atoms with Gasteiger partial charge in [0.2, 0.25) is 0 Å². The Morgan fingerprint density at radius 1 is 1.43 bits per heavy atom. The van der Waals surface area contributed by atoms with Crippen molar-refractivity contribution in [1.29, 1.82) is 0 Å². The van der Waals surface area contributed by atoms with E-state index in [0.29, 0.717) is 0 Å². The average Bonchev–Trinajstić information content (AvgIpc) is 1.31. The van der Waals surface area contributed by atoms with E-state index in [-0.39, 0.29) is 0 Å². The maximum atomic E-state index is 5.37. The van der Waals surface area contributed by atoms with Crippen molar-refractivity contribution < 1.29 is 0 Å². The molecule has 1 atom stereocenters. The third kappa shape index (κ3) is 4.34. The van der Waals surface area contributed by atoms with E-state index < -0.39 is 7.53 Å². The Morgan fingerprint density at radius 3 is 1.57 bits per heavy atom. The van der Waals surface area contributed by atoms with Crippen LogP contribution in [-0.4, -0.2) is 7.53 Å². The third-order valence-electron chi connectivity index (χ3n) is 0.247. The Bertz CT molecular complexity index is 56.4. The number of halogens is 5. The van der Waals surface area contributed by atoms with Crippen molar-refractivity contribution in [3.05, 3.63) is 0 Å². The average molecular weight is 291 g/mol. The van der Waals surface area contributed by atoms with Crippen LogP contribution < -0.4 is 0 Å². The quantitative estimate of drug-likeness (QED) is 0.649. The van der Waals surface area contributed by atoms with E-state index in [4.69, 9.17) is 34.8 Å². The molecule has 0 aliphatic carbocycles. The Labute approximate surface area is 73.7 Å². The summed E-state index contributed by atoms with van der Waals surface area (Å²) in [6.45, 7) is 0. The van der Waals surface area contributed by atoms with Gasteiger partial charge in [-0.25, -0.2) is 0 Å². The highest BCUT2D eigenvalue weighted by molar-refractivity contribution is 9.13. The highest BCUT2D eigenvalue weighted by Gasteiger charge is 2.27. The van der Waals surface area contributed by atoms with Gasteiger partial charge in [0.05, 0.1) is 0 Å². The van der Waals surface area contributed by atoms with Gasteiger partial charge in [0.1, 0.15) is 4.29 Å². The molecule has 0 aromatic carbocycles. The van der Waals surface area contributed by atoms with Crippen molar-refractivity contribution in [3.8, 4) is 0 Å². The fraction of sp³-hybridized carbons (Fsp3) is 1.00. The molecule has 0 fully saturated rings. The largest absolute Gasteiger partial charge is 0.198 e. The summed E-state index contributed by atoms with van der Waals surface area (Å²) in [7, 11) is 0.